The lowest BCUT2D eigenvalue weighted by Crippen LogP contribution is -2.64. The molecule has 9 nitrogen and oxygen atoms in total. The quantitative estimate of drug-likeness (QED) is 0.273. The molecule has 41 heavy (non-hydrogen) atoms. The van der Waals surface area contributed by atoms with Gasteiger partial charge in [-0.15, -0.1) is 0 Å². The number of rotatable bonds is 13. The number of amides is 2. The maximum absolute atomic E-state index is 13.9. The van der Waals surface area contributed by atoms with Crippen LogP contribution in [-0.2, 0) is 38.8 Å². The molecule has 0 saturated heterocycles. The first kappa shape index (κ1) is 32.1. The van der Waals surface area contributed by atoms with Gasteiger partial charge >= 0.3 is 5.97 Å². The third-order valence-corrected chi connectivity index (χ3v) is 7.33. The lowest BCUT2D eigenvalue weighted by molar-refractivity contribution is -0.177. The summed E-state index contributed by atoms with van der Waals surface area (Å²) in [5, 5.41) is 3.32. The van der Waals surface area contributed by atoms with Crippen molar-refractivity contribution in [2.75, 3.05) is 20.3 Å². The predicted octanol–water partition coefficient (Wildman–Crippen LogP) is 4.35. The first-order valence-electron chi connectivity index (χ1n) is 14.1. The fraction of sp³-hybridized carbons (Fsp3) is 0.531. The number of benzene rings is 2. The lowest BCUT2D eigenvalue weighted by Gasteiger charge is -2.49. The zero-order chi connectivity index (χ0) is 30.4. The largest absolute Gasteiger partial charge is 0.489 e. The molecule has 1 aliphatic rings. The van der Waals surface area contributed by atoms with Crippen LogP contribution in [0.4, 0.5) is 0 Å². The summed E-state index contributed by atoms with van der Waals surface area (Å²) in [6.45, 7) is 13.6. The molecule has 0 radical (unpaired) electrons. The van der Waals surface area contributed by atoms with E-state index in [1.54, 1.807) is 44.9 Å². The molecule has 2 amide bonds. The zero-order valence-corrected chi connectivity index (χ0v) is 25.5. The molecule has 2 aromatic carbocycles. The minimum atomic E-state index is -1.43. The van der Waals surface area contributed by atoms with Gasteiger partial charge in [0, 0.05) is 37.7 Å². The number of fused-ring (bicyclic) bond motifs is 1. The standard InChI is InChI=1S/C32H45N3O6/c1-30(2,3)32(16-15-27(33)36,29(38)41-31(4,5)6)35-20-25-24(28(35)37)9-8-10-26(25)40-21-23-13-11-22(12-14-23)19-34-17-18-39-7/h8-14,34H,15-21H2,1-7H3,(H2,33,36). The number of carbonyl (C=O) groups is 3. The number of nitrogens with two attached hydrogens (primary N) is 1. The molecule has 0 spiro atoms. The van der Waals surface area contributed by atoms with Crippen LogP contribution in [0.3, 0.4) is 0 Å². The minimum Gasteiger partial charge on any atom is -0.489 e. The van der Waals surface area contributed by atoms with E-state index in [1.165, 1.54) is 0 Å². The first-order chi connectivity index (χ1) is 19.2. The summed E-state index contributed by atoms with van der Waals surface area (Å²) < 4.78 is 17.2. The van der Waals surface area contributed by atoms with E-state index in [9.17, 15) is 14.4 Å². The van der Waals surface area contributed by atoms with Crippen molar-refractivity contribution in [1.82, 2.24) is 10.2 Å². The van der Waals surface area contributed by atoms with Crippen LogP contribution in [0.5, 0.6) is 5.75 Å². The van der Waals surface area contributed by atoms with Crippen LogP contribution < -0.4 is 15.8 Å². The second-order valence-electron chi connectivity index (χ2n) is 12.5. The monoisotopic (exact) mass is 567 g/mol. The molecule has 224 valence electrons. The van der Waals surface area contributed by atoms with Gasteiger partial charge in [0.05, 0.1) is 13.2 Å². The molecule has 1 heterocycles. The summed E-state index contributed by atoms with van der Waals surface area (Å²) in [6, 6.07) is 13.5. The number of ether oxygens (including phenoxy) is 3. The Hall–Kier alpha value is -3.43. The molecule has 1 aliphatic heterocycles. The number of nitrogens with one attached hydrogen (secondary N) is 1. The molecule has 0 saturated carbocycles. The van der Waals surface area contributed by atoms with Crippen molar-refractivity contribution in [2.24, 2.45) is 11.1 Å². The second-order valence-corrected chi connectivity index (χ2v) is 12.5. The average Bonchev–Trinajstić information content (AvgIpc) is 3.21. The molecule has 3 rings (SSSR count). The van der Waals surface area contributed by atoms with Gasteiger partial charge in [0.15, 0.2) is 0 Å². The molecule has 0 aliphatic carbocycles. The number of primary amides is 1. The third kappa shape index (κ3) is 7.65. The van der Waals surface area contributed by atoms with Crippen LogP contribution in [-0.4, -0.2) is 54.1 Å². The summed E-state index contributed by atoms with van der Waals surface area (Å²) in [5.74, 6) is -0.835. The topological polar surface area (TPSA) is 120 Å². The van der Waals surface area contributed by atoms with Gasteiger partial charge in [-0.1, -0.05) is 51.1 Å². The molecule has 0 fully saturated rings. The third-order valence-electron chi connectivity index (χ3n) is 7.33. The van der Waals surface area contributed by atoms with Gasteiger partial charge in [-0.3, -0.25) is 9.59 Å². The van der Waals surface area contributed by atoms with Gasteiger partial charge in [-0.25, -0.2) is 4.79 Å². The highest BCUT2D eigenvalue weighted by molar-refractivity contribution is 6.02. The van der Waals surface area contributed by atoms with Crippen molar-refractivity contribution in [1.29, 1.82) is 0 Å². The summed E-state index contributed by atoms with van der Waals surface area (Å²) in [7, 11) is 1.68. The Morgan fingerprint density at radius 3 is 2.24 bits per heavy atom. The lowest BCUT2D eigenvalue weighted by atomic mass is 9.69. The van der Waals surface area contributed by atoms with Crippen molar-refractivity contribution in [2.45, 2.75) is 85.2 Å². The molecular weight excluding hydrogens is 522 g/mol. The van der Waals surface area contributed by atoms with Crippen molar-refractivity contribution in [3.05, 3.63) is 64.7 Å². The summed E-state index contributed by atoms with van der Waals surface area (Å²) >= 11 is 0. The fourth-order valence-corrected chi connectivity index (χ4v) is 5.17. The summed E-state index contributed by atoms with van der Waals surface area (Å²) in [5.41, 5.74) is 5.84. The van der Waals surface area contributed by atoms with Crippen LogP contribution in [0.25, 0.3) is 0 Å². The van der Waals surface area contributed by atoms with E-state index in [1.807, 2.05) is 39.0 Å². The molecule has 3 N–H and O–H groups in total. The van der Waals surface area contributed by atoms with E-state index < -0.39 is 28.4 Å². The van der Waals surface area contributed by atoms with Crippen LogP contribution in [0, 0.1) is 5.41 Å². The Bertz CT molecular complexity index is 1230. The molecule has 1 unspecified atom stereocenters. The van der Waals surface area contributed by atoms with Crippen molar-refractivity contribution in [3.8, 4) is 5.75 Å². The molecule has 2 aromatic rings. The van der Waals surface area contributed by atoms with Crippen molar-refractivity contribution >= 4 is 17.8 Å². The van der Waals surface area contributed by atoms with E-state index in [0.717, 1.165) is 24.2 Å². The Morgan fingerprint density at radius 2 is 1.66 bits per heavy atom. The van der Waals surface area contributed by atoms with Gasteiger partial charge in [-0.2, -0.15) is 0 Å². The molecule has 9 heteroatoms. The van der Waals surface area contributed by atoms with Crippen molar-refractivity contribution in [3.63, 3.8) is 0 Å². The Kier molecular flexibility index (Phi) is 10.2. The number of hydrogen-bond donors (Lipinski definition) is 2. The number of methoxy groups -OCH3 is 1. The van der Waals surface area contributed by atoms with E-state index in [0.29, 0.717) is 30.1 Å². The van der Waals surface area contributed by atoms with Gasteiger partial charge in [0.25, 0.3) is 5.91 Å². The minimum absolute atomic E-state index is 0.0450. The summed E-state index contributed by atoms with van der Waals surface area (Å²) in [6.07, 6.45) is -0.0266. The van der Waals surface area contributed by atoms with Gasteiger partial charge < -0.3 is 30.2 Å². The van der Waals surface area contributed by atoms with Crippen molar-refractivity contribution < 1.29 is 28.6 Å². The highest BCUT2D eigenvalue weighted by Gasteiger charge is 2.58. The van der Waals surface area contributed by atoms with Gasteiger partial charge in [0.1, 0.15) is 23.5 Å². The van der Waals surface area contributed by atoms with E-state index >= 15 is 0 Å². The predicted molar refractivity (Wildman–Crippen MR) is 157 cm³/mol. The van der Waals surface area contributed by atoms with Gasteiger partial charge in [0.2, 0.25) is 5.91 Å². The van der Waals surface area contributed by atoms with E-state index in [-0.39, 0.29) is 25.3 Å². The van der Waals surface area contributed by atoms with Crippen LogP contribution in [0.15, 0.2) is 42.5 Å². The van der Waals surface area contributed by atoms with Crippen LogP contribution in [0.2, 0.25) is 0 Å². The van der Waals surface area contributed by atoms with Crippen LogP contribution in [0.1, 0.15) is 81.4 Å². The molecular formula is C32H45N3O6. The molecule has 0 aromatic heterocycles. The van der Waals surface area contributed by atoms with E-state index in [4.69, 9.17) is 19.9 Å². The highest BCUT2D eigenvalue weighted by Crippen LogP contribution is 2.46. The number of hydrogen-bond acceptors (Lipinski definition) is 7. The fourth-order valence-electron chi connectivity index (χ4n) is 5.17. The SMILES string of the molecule is COCCNCc1ccc(COc2cccc3c2CN(C(CCC(N)=O)(C(=O)OC(C)(C)C)C(C)(C)C)C3=O)cc1. The Balaban J connectivity index is 1.87. The second kappa shape index (κ2) is 13.0. The summed E-state index contributed by atoms with van der Waals surface area (Å²) in [4.78, 5) is 41.3. The normalized spacial score (nSPS) is 14.9. The zero-order valence-electron chi connectivity index (χ0n) is 25.5. The first-order valence-corrected chi connectivity index (χ1v) is 14.1. The smallest absolute Gasteiger partial charge is 0.333 e. The maximum atomic E-state index is 13.9. The molecule has 0 bridgehead atoms. The number of carbonyl (C=O) groups excluding carboxylic acids is 3. The molecule has 1 atom stereocenters. The van der Waals surface area contributed by atoms with E-state index in [2.05, 4.69) is 17.4 Å². The highest BCUT2D eigenvalue weighted by atomic mass is 16.6. The average molecular weight is 568 g/mol. The number of nitrogens with zero attached hydrogens (tertiary/aromatic N) is 1. The van der Waals surface area contributed by atoms with Crippen LogP contribution >= 0.6 is 0 Å². The Labute approximate surface area is 243 Å². The number of esters is 1. The van der Waals surface area contributed by atoms with Gasteiger partial charge in [-0.05, 0) is 55.9 Å². The maximum Gasteiger partial charge on any atom is 0.333 e. The Morgan fingerprint density at radius 1 is 1.00 bits per heavy atom.